The van der Waals surface area contributed by atoms with Crippen LogP contribution in [0, 0.1) is 0 Å². The number of benzene rings is 1. The number of nitrogens with two attached hydrogens (primary N) is 1. The van der Waals surface area contributed by atoms with Gasteiger partial charge in [0.15, 0.2) is 0 Å². The SMILES string of the molecule is CCOCCN(C)C(CN)c1ccccc1C(F)(F)F. The molecule has 0 aromatic heterocycles. The largest absolute Gasteiger partial charge is 0.416 e. The third kappa shape index (κ3) is 4.47. The zero-order chi connectivity index (χ0) is 15.2. The van der Waals surface area contributed by atoms with Gasteiger partial charge in [-0.1, -0.05) is 18.2 Å². The fourth-order valence-electron chi connectivity index (χ4n) is 2.10. The normalized spacial score (nSPS) is 13.8. The first-order valence-corrected chi connectivity index (χ1v) is 6.56. The molecular formula is C14H21F3N2O. The Bertz CT molecular complexity index is 410. The van der Waals surface area contributed by atoms with E-state index in [1.807, 2.05) is 6.92 Å². The lowest BCUT2D eigenvalue weighted by Gasteiger charge is -2.29. The van der Waals surface area contributed by atoms with Crippen molar-refractivity contribution in [1.82, 2.24) is 4.90 Å². The summed E-state index contributed by atoms with van der Waals surface area (Å²) in [5, 5.41) is 0. The summed E-state index contributed by atoms with van der Waals surface area (Å²) in [6.07, 6.45) is -4.37. The Morgan fingerprint density at radius 1 is 1.30 bits per heavy atom. The van der Waals surface area contributed by atoms with Gasteiger partial charge >= 0.3 is 6.18 Å². The highest BCUT2D eigenvalue weighted by atomic mass is 19.4. The summed E-state index contributed by atoms with van der Waals surface area (Å²) >= 11 is 0. The zero-order valence-electron chi connectivity index (χ0n) is 11.8. The molecule has 1 rings (SSSR count). The quantitative estimate of drug-likeness (QED) is 0.785. The molecule has 0 fully saturated rings. The van der Waals surface area contributed by atoms with Crippen molar-refractivity contribution >= 4 is 0 Å². The number of hydrogen-bond acceptors (Lipinski definition) is 3. The van der Waals surface area contributed by atoms with E-state index < -0.39 is 17.8 Å². The summed E-state index contributed by atoms with van der Waals surface area (Å²) in [6, 6.07) is 5.09. The maximum absolute atomic E-state index is 13.0. The van der Waals surface area contributed by atoms with E-state index in [-0.39, 0.29) is 12.1 Å². The molecule has 1 atom stereocenters. The van der Waals surface area contributed by atoms with E-state index in [2.05, 4.69) is 0 Å². The molecule has 2 N–H and O–H groups in total. The molecule has 0 amide bonds. The van der Waals surface area contributed by atoms with E-state index >= 15 is 0 Å². The van der Waals surface area contributed by atoms with Gasteiger partial charge in [0.05, 0.1) is 12.2 Å². The summed E-state index contributed by atoms with van der Waals surface area (Å²) < 4.78 is 44.3. The minimum Gasteiger partial charge on any atom is -0.380 e. The van der Waals surface area contributed by atoms with Crippen molar-refractivity contribution in [3.05, 3.63) is 35.4 Å². The van der Waals surface area contributed by atoms with Crippen LogP contribution < -0.4 is 5.73 Å². The molecule has 1 aromatic rings. The van der Waals surface area contributed by atoms with Gasteiger partial charge in [0, 0.05) is 25.7 Å². The average Bonchev–Trinajstić information content (AvgIpc) is 2.39. The van der Waals surface area contributed by atoms with Gasteiger partial charge in [-0.15, -0.1) is 0 Å². The fraction of sp³-hybridized carbons (Fsp3) is 0.571. The van der Waals surface area contributed by atoms with Crippen LogP contribution in [0.5, 0.6) is 0 Å². The van der Waals surface area contributed by atoms with Crippen molar-refractivity contribution in [2.24, 2.45) is 5.73 Å². The molecular weight excluding hydrogens is 269 g/mol. The third-order valence-corrected chi connectivity index (χ3v) is 3.17. The van der Waals surface area contributed by atoms with Gasteiger partial charge in [0.25, 0.3) is 0 Å². The van der Waals surface area contributed by atoms with Gasteiger partial charge in [-0.2, -0.15) is 13.2 Å². The molecule has 6 heteroatoms. The van der Waals surface area contributed by atoms with E-state index in [4.69, 9.17) is 10.5 Å². The highest BCUT2D eigenvalue weighted by molar-refractivity contribution is 5.32. The Morgan fingerprint density at radius 2 is 1.95 bits per heavy atom. The molecule has 3 nitrogen and oxygen atoms in total. The average molecular weight is 290 g/mol. The van der Waals surface area contributed by atoms with E-state index in [0.29, 0.717) is 19.8 Å². The van der Waals surface area contributed by atoms with Crippen LogP contribution in [0.15, 0.2) is 24.3 Å². The van der Waals surface area contributed by atoms with Gasteiger partial charge in [0.2, 0.25) is 0 Å². The van der Waals surface area contributed by atoms with E-state index in [0.717, 1.165) is 6.07 Å². The lowest BCUT2D eigenvalue weighted by Crippen LogP contribution is -2.34. The fourth-order valence-corrected chi connectivity index (χ4v) is 2.10. The third-order valence-electron chi connectivity index (χ3n) is 3.17. The second kappa shape index (κ2) is 7.61. The predicted octanol–water partition coefficient (Wildman–Crippen LogP) is 2.67. The molecule has 0 saturated heterocycles. The van der Waals surface area contributed by atoms with Crippen LogP contribution in [-0.4, -0.2) is 38.3 Å². The first-order chi connectivity index (χ1) is 9.41. The van der Waals surface area contributed by atoms with Gasteiger partial charge in [-0.05, 0) is 25.6 Å². The molecule has 0 aliphatic rings. The molecule has 114 valence electrons. The van der Waals surface area contributed by atoms with Crippen LogP contribution >= 0.6 is 0 Å². The van der Waals surface area contributed by atoms with Crippen LogP contribution in [0.1, 0.15) is 24.1 Å². The van der Waals surface area contributed by atoms with Crippen LogP contribution in [0.2, 0.25) is 0 Å². The molecule has 0 saturated carbocycles. The van der Waals surface area contributed by atoms with Crippen LogP contribution in [0.3, 0.4) is 0 Å². The minimum atomic E-state index is -4.37. The molecule has 0 bridgehead atoms. The van der Waals surface area contributed by atoms with Gasteiger partial charge in [-0.25, -0.2) is 0 Å². The van der Waals surface area contributed by atoms with Crippen molar-refractivity contribution < 1.29 is 17.9 Å². The molecule has 0 radical (unpaired) electrons. The molecule has 1 aromatic carbocycles. The second-order valence-electron chi connectivity index (χ2n) is 4.51. The van der Waals surface area contributed by atoms with Crippen molar-refractivity contribution in [1.29, 1.82) is 0 Å². The van der Waals surface area contributed by atoms with Crippen LogP contribution in [0.25, 0.3) is 0 Å². The Kier molecular flexibility index (Phi) is 6.45. The maximum Gasteiger partial charge on any atom is 0.416 e. The highest BCUT2D eigenvalue weighted by Crippen LogP contribution is 2.35. The van der Waals surface area contributed by atoms with Crippen molar-refractivity contribution in [3.63, 3.8) is 0 Å². The first-order valence-electron chi connectivity index (χ1n) is 6.56. The summed E-state index contributed by atoms with van der Waals surface area (Å²) in [7, 11) is 1.75. The van der Waals surface area contributed by atoms with E-state index in [1.54, 1.807) is 18.0 Å². The lowest BCUT2D eigenvalue weighted by molar-refractivity contribution is -0.138. The summed E-state index contributed by atoms with van der Waals surface area (Å²) in [4.78, 5) is 1.79. The zero-order valence-corrected chi connectivity index (χ0v) is 11.8. The number of nitrogens with zero attached hydrogens (tertiary/aromatic N) is 1. The van der Waals surface area contributed by atoms with Gasteiger partial charge in [0.1, 0.15) is 0 Å². The highest BCUT2D eigenvalue weighted by Gasteiger charge is 2.35. The van der Waals surface area contributed by atoms with Crippen molar-refractivity contribution in [3.8, 4) is 0 Å². The van der Waals surface area contributed by atoms with Crippen molar-refractivity contribution in [2.45, 2.75) is 19.1 Å². The lowest BCUT2D eigenvalue weighted by atomic mass is 9.99. The number of hydrogen-bond donors (Lipinski definition) is 1. The maximum atomic E-state index is 13.0. The van der Waals surface area contributed by atoms with Gasteiger partial charge < -0.3 is 10.5 Å². The van der Waals surface area contributed by atoms with Crippen molar-refractivity contribution in [2.75, 3.05) is 33.4 Å². The minimum absolute atomic E-state index is 0.121. The summed E-state index contributed by atoms with van der Waals surface area (Å²) in [5.74, 6) is 0. The summed E-state index contributed by atoms with van der Waals surface area (Å²) in [6.45, 7) is 3.58. The predicted molar refractivity (Wildman–Crippen MR) is 72.4 cm³/mol. The monoisotopic (exact) mass is 290 g/mol. The summed E-state index contributed by atoms with van der Waals surface area (Å²) in [5.41, 5.74) is 5.26. The number of ether oxygens (including phenoxy) is 1. The number of rotatable bonds is 7. The standard InChI is InChI=1S/C14H21F3N2O/c1-3-20-9-8-19(2)13(10-18)11-6-4-5-7-12(11)14(15,16)17/h4-7,13H,3,8-10,18H2,1-2H3. The number of likely N-dealkylation sites (N-methyl/N-ethyl adjacent to an activating group) is 1. The van der Waals surface area contributed by atoms with E-state index in [1.165, 1.54) is 12.1 Å². The molecule has 0 aliphatic heterocycles. The first kappa shape index (κ1) is 16.9. The molecule has 0 spiro atoms. The Hall–Kier alpha value is -1.11. The molecule has 0 heterocycles. The van der Waals surface area contributed by atoms with Crippen LogP contribution in [0.4, 0.5) is 13.2 Å². The smallest absolute Gasteiger partial charge is 0.380 e. The number of alkyl halides is 3. The second-order valence-corrected chi connectivity index (χ2v) is 4.51. The molecule has 1 unspecified atom stereocenters. The Labute approximate surface area is 117 Å². The number of halogens is 3. The van der Waals surface area contributed by atoms with Crippen LogP contribution in [-0.2, 0) is 10.9 Å². The van der Waals surface area contributed by atoms with E-state index in [9.17, 15) is 13.2 Å². The molecule has 20 heavy (non-hydrogen) atoms. The Morgan fingerprint density at radius 3 is 2.50 bits per heavy atom. The molecule has 0 aliphatic carbocycles. The Balaban J connectivity index is 2.95. The topological polar surface area (TPSA) is 38.5 Å². The van der Waals surface area contributed by atoms with Gasteiger partial charge in [-0.3, -0.25) is 4.90 Å².